The minimum atomic E-state index is -3.42. The standard InChI is InChI=1S/C17H31N3O2S/c1-16-8-10-17(11-9-16)23(21,22)20(14-6-12-18(2)3)15-7-13-19(4)5/h8-11H,6-7,12-15H2,1-5H3. The van der Waals surface area contributed by atoms with E-state index in [1.165, 1.54) is 0 Å². The van der Waals surface area contributed by atoms with Gasteiger partial charge in [0.15, 0.2) is 0 Å². The minimum Gasteiger partial charge on any atom is -0.309 e. The van der Waals surface area contributed by atoms with Crippen molar-refractivity contribution in [1.82, 2.24) is 14.1 Å². The summed E-state index contributed by atoms with van der Waals surface area (Å²) < 4.78 is 27.4. The molecule has 0 aliphatic rings. The third-order valence-electron chi connectivity index (χ3n) is 3.68. The van der Waals surface area contributed by atoms with E-state index in [4.69, 9.17) is 0 Å². The van der Waals surface area contributed by atoms with Crippen LogP contribution < -0.4 is 0 Å². The highest BCUT2D eigenvalue weighted by Crippen LogP contribution is 2.17. The molecule has 1 rings (SSSR count). The molecule has 0 aliphatic carbocycles. The van der Waals surface area contributed by atoms with Crippen molar-refractivity contribution in [2.75, 3.05) is 54.4 Å². The van der Waals surface area contributed by atoms with Crippen LogP contribution in [0.4, 0.5) is 0 Å². The SMILES string of the molecule is Cc1ccc(S(=O)(=O)N(CCCN(C)C)CCCN(C)C)cc1. The van der Waals surface area contributed by atoms with Gasteiger partial charge in [0, 0.05) is 13.1 Å². The summed E-state index contributed by atoms with van der Waals surface area (Å²) in [6.07, 6.45) is 1.67. The van der Waals surface area contributed by atoms with Gasteiger partial charge in [-0.3, -0.25) is 0 Å². The molecule has 5 nitrogen and oxygen atoms in total. The molecule has 6 heteroatoms. The van der Waals surface area contributed by atoms with Crippen LogP contribution in [0.3, 0.4) is 0 Å². The molecular weight excluding hydrogens is 310 g/mol. The Bertz CT molecular complexity index is 540. The highest BCUT2D eigenvalue weighted by molar-refractivity contribution is 7.89. The highest BCUT2D eigenvalue weighted by Gasteiger charge is 2.23. The molecule has 132 valence electrons. The molecule has 0 bridgehead atoms. The van der Waals surface area contributed by atoms with E-state index in [1.54, 1.807) is 16.4 Å². The van der Waals surface area contributed by atoms with Gasteiger partial charge in [-0.2, -0.15) is 4.31 Å². The first-order chi connectivity index (χ1) is 10.7. The van der Waals surface area contributed by atoms with E-state index in [0.717, 1.165) is 31.5 Å². The molecule has 0 saturated heterocycles. The molecular formula is C17H31N3O2S. The van der Waals surface area contributed by atoms with Crippen molar-refractivity contribution in [2.45, 2.75) is 24.7 Å². The Hall–Kier alpha value is -0.950. The third-order valence-corrected chi connectivity index (χ3v) is 5.60. The monoisotopic (exact) mass is 341 g/mol. The van der Waals surface area contributed by atoms with Crippen LogP contribution in [0.25, 0.3) is 0 Å². The molecule has 1 aromatic carbocycles. The summed E-state index contributed by atoms with van der Waals surface area (Å²) in [6, 6.07) is 7.11. The van der Waals surface area contributed by atoms with Crippen molar-refractivity contribution in [1.29, 1.82) is 0 Å². The zero-order chi connectivity index (χ0) is 17.5. The molecule has 1 aromatic rings. The normalized spacial score (nSPS) is 12.5. The van der Waals surface area contributed by atoms with Crippen molar-refractivity contribution in [2.24, 2.45) is 0 Å². The number of rotatable bonds is 10. The zero-order valence-corrected chi connectivity index (χ0v) is 15.9. The Morgan fingerprint density at radius 3 is 1.61 bits per heavy atom. The van der Waals surface area contributed by atoms with Gasteiger partial charge in [0.2, 0.25) is 10.0 Å². The van der Waals surface area contributed by atoms with E-state index in [0.29, 0.717) is 18.0 Å². The molecule has 0 aliphatic heterocycles. The maximum Gasteiger partial charge on any atom is 0.243 e. The van der Waals surface area contributed by atoms with E-state index in [9.17, 15) is 8.42 Å². The Kier molecular flexibility index (Phi) is 8.19. The number of hydrogen-bond donors (Lipinski definition) is 0. The fourth-order valence-electron chi connectivity index (χ4n) is 2.34. The maximum absolute atomic E-state index is 12.9. The van der Waals surface area contributed by atoms with Crippen LogP contribution in [0.15, 0.2) is 29.2 Å². The van der Waals surface area contributed by atoms with Gasteiger partial charge in [0.1, 0.15) is 0 Å². The van der Waals surface area contributed by atoms with Crippen LogP contribution in [0.2, 0.25) is 0 Å². The maximum atomic E-state index is 12.9. The second-order valence-corrected chi connectivity index (χ2v) is 8.47. The van der Waals surface area contributed by atoms with Crippen molar-refractivity contribution in [3.63, 3.8) is 0 Å². The number of hydrogen-bond acceptors (Lipinski definition) is 4. The van der Waals surface area contributed by atoms with E-state index < -0.39 is 10.0 Å². The van der Waals surface area contributed by atoms with Crippen molar-refractivity contribution < 1.29 is 8.42 Å². The zero-order valence-electron chi connectivity index (χ0n) is 15.1. The van der Waals surface area contributed by atoms with E-state index in [2.05, 4.69) is 9.80 Å². The van der Waals surface area contributed by atoms with Gasteiger partial charge in [-0.1, -0.05) is 17.7 Å². The average molecular weight is 342 g/mol. The van der Waals surface area contributed by atoms with Gasteiger partial charge in [-0.25, -0.2) is 8.42 Å². The number of benzene rings is 1. The van der Waals surface area contributed by atoms with Gasteiger partial charge >= 0.3 is 0 Å². The smallest absolute Gasteiger partial charge is 0.243 e. The lowest BCUT2D eigenvalue weighted by Crippen LogP contribution is -2.35. The van der Waals surface area contributed by atoms with Crippen molar-refractivity contribution in [3.8, 4) is 0 Å². The fraction of sp³-hybridized carbons (Fsp3) is 0.647. The van der Waals surface area contributed by atoms with Crippen LogP contribution in [-0.2, 0) is 10.0 Å². The van der Waals surface area contributed by atoms with E-state index in [-0.39, 0.29) is 0 Å². The molecule has 0 amide bonds. The summed E-state index contributed by atoms with van der Waals surface area (Å²) in [7, 11) is 4.60. The fourth-order valence-corrected chi connectivity index (χ4v) is 3.86. The Morgan fingerprint density at radius 1 is 0.783 bits per heavy atom. The quantitative estimate of drug-likeness (QED) is 0.652. The van der Waals surface area contributed by atoms with Crippen molar-refractivity contribution in [3.05, 3.63) is 29.8 Å². The summed E-state index contributed by atoms with van der Waals surface area (Å²) >= 11 is 0. The number of sulfonamides is 1. The highest BCUT2D eigenvalue weighted by atomic mass is 32.2. The van der Waals surface area contributed by atoms with Gasteiger partial charge in [-0.05, 0) is 73.2 Å². The number of aryl methyl sites for hydroxylation is 1. The molecule has 0 heterocycles. The van der Waals surface area contributed by atoms with E-state index in [1.807, 2.05) is 47.2 Å². The molecule has 0 saturated carbocycles. The van der Waals surface area contributed by atoms with Gasteiger partial charge < -0.3 is 9.80 Å². The van der Waals surface area contributed by atoms with Crippen LogP contribution in [0.5, 0.6) is 0 Å². The number of nitrogens with zero attached hydrogens (tertiary/aromatic N) is 3. The van der Waals surface area contributed by atoms with Crippen LogP contribution in [0, 0.1) is 6.92 Å². The second-order valence-electron chi connectivity index (χ2n) is 6.53. The van der Waals surface area contributed by atoms with Crippen molar-refractivity contribution >= 4 is 10.0 Å². The molecule has 0 atom stereocenters. The first kappa shape index (κ1) is 20.1. The van der Waals surface area contributed by atoms with E-state index >= 15 is 0 Å². The molecule has 0 spiro atoms. The Balaban J connectivity index is 2.84. The van der Waals surface area contributed by atoms with Gasteiger partial charge in [0.05, 0.1) is 4.90 Å². The summed E-state index contributed by atoms with van der Waals surface area (Å²) in [6.45, 7) is 4.84. The largest absolute Gasteiger partial charge is 0.309 e. The summed E-state index contributed by atoms with van der Waals surface area (Å²) in [4.78, 5) is 4.55. The summed E-state index contributed by atoms with van der Waals surface area (Å²) in [5.74, 6) is 0. The Morgan fingerprint density at radius 2 is 1.22 bits per heavy atom. The molecule has 0 radical (unpaired) electrons. The Labute approximate surface area is 141 Å². The minimum absolute atomic E-state index is 0.387. The second kappa shape index (κ2) is 9.37. The third kappa shape index (κ3) is 6.99. The first-order valence-corrected chi connectivity index (χ1v) is 9.54. The lowest BCUT2D eigenvalue weighted by Gasteiger charge is -2.24. The summed E-state index contributed by atoms with van der Waals surface area (Å²) in [5.41, 5.74) is 1.07. The molecule has 0 aromatic heterocycles. The van der Waals surface area contributed by atoms with Crippen LogP contribution in [0.1, 0.15) is 18.4 Å². The average Bonchev–Trinajstić information content (AvgIpc) is 2.45. The molecule has 0 fully saturated rings. The molecule has 0 N–H and O–H groups in total. The van der Waals surface area contributed by atoms with Crippen LogP contribution in [-0.4, -0.2) is 76.9 Å². The lowest BCUT2D eigenvalue weighted by atomic mass is 10.2. The molecule has 0 unspecified atom stereocenters. The van der Waals surface area contributed by atoms with Gasteiger partial charge in [0.25, 0.3) is 0 Å². The van der Waals surface area contributed by atoms with Crippen LogP contribution >= 0.6 is 0 Å². The summed E-state index contributed by atoms with van der Waals surface area (Å²) in [5, 5.41) is 0. The lowest BCUT2D eigenvalue weighted by molar-refractivity contribution is 0.326. The topological polar surface area (TPSA) is 43.9 Å². The predicted molar refractivity (Wildman–Crippen MR) is 96.3 cm³/mol. The molecule has 23 heavy (non-hydrogen) atoms. The first-order valence-electron chi connectivity index (χ1n) is 8.10. The predicted octanol–water partition coefficient (Wildman–Crippen LogP) is 1.89. The van der Waals surface area contributed by atoms with Gasteiger partial charge in [-0.15, -0.1) is 0 Å².